The van der Waals surface area contributed by atoms with Crippen LogP contribution in [0.5, 0.6) is 0 Å². The molecule has 4 aliphatic carbocycles. The van der Waals surface area contributed by atoms with E-state index in [-0.39, 0.29) is 10.8 Å². The summed E-state index contributed by atoms with van der Waals surface area (Å²) in [6.07, 6.45) is 0. The van der Waals surface area contributed by atoms with Gasteiger partial charge in [0.25, 0.3) is 0 Å². The molecule has 4 N–H and O–H groups in total. The molecule has 0 amide bonds. The zero-order valence-electron chi connectivity index (χ0n) is 29.2. The van der Waals surface area contributed by atoms with Crippen LogP contribution in [0.2, 0.25) is 0 Å². The lowest BCUT2D eigenvalue weighted by Crippen LogP contribution is -2.32. The highest BCUT2D eigenvalue weighted by atomic mass is 14.8. The Labute approximate surface area is 283 Å². The second-order valence-electron chi connectivity index (χ2n) is 16.8. The van der Waals surface area contributed by atoms with Gasteiger partial charge in [-0.3, -0.25) is 0 Å². The Kier molecular flexibility index (Phi) is 4.97. The maximum atomic E-state index is 7.36. The maximum absolute atomic E-state index is 7.36. The number of rotatable bonds is 0. The lowest BCUT2D eigenvalue weighted by Gasteiger charge is -2.24. The van der Waals surface area contributed by atoms with Gasteiger partial charge in [0, 0.05) is 10.8 Å². The van der Waals surface area contributed by atoms with Crippen LogP contribution in [-0.4, -0.2) is 0 Å². The standard InChI is InChI=1S/C46H42N2/c1-23-9-11-27-31-21-42-34(20-37(31)43(3,4)35(27)13-23)30-16-25-17-36-29(15-26(25)18-40(30)46(42,8)48)33-22-41-32(19-38(33)44(36,5)6)28-12-10-24(2)14-39(28)45(41,7)47/h9-22H,47-48H2,1-8H3. The lowest BCUT2D eigenvalue weighted by molar-refractivity contribution is 0.619. The van der Waals surface area contributed by atoms with Crippen molar-refractivity contribution in [1.29, 1.82) is 0 Å². The number of hydrogen-bond donors (Lipinski definition) is 2. The topological polar surface area (TPSA) is 52.0 Å². The SMILES string of the molecule is Cc1ccc2c(c1)C(C)(C)c1cc3c(cc1-2)C(C)(N)c1cc2cc4c(cc2cc1-3)C(C)(C)c1cc2c(cc1-4)C(C)(N)c1cc(C)ccc1-2. The Morgan fingerprint density at radius 2 is 0.625 bits per heavy atom. The van der Waals surface area contributed by atoms with E-state index in [0.29, 0.717) is 0 Å². The molecule has 0 heterocycles. The molecule has 0 bridgehead atoms. The monoisotopic (exact) mass is 622 g/mol. The summed E-state index contributed by atoms with van der Waals surface area (Å²) in [7, 11) is 0. The number of benzene rings is 6. The minimum atomic E-state index is -0.590. The van der Waals surface area contributed by atoms with E-state index < -0.39 is 11.1 Å². The minimum absolute atomic E-state index is 0.0633. The predicted octanol–water partition coefficient (Wildman–Crippen LogP) is 10.5. The van der Waals surface area contributed by atoms with Gasteiger partial charge in [-0.15, -0.1) is 0 Å². The normalized spacial score (nSPS) is 22.5. The Morgan fingerprint density at radius 3 is 1.19 bits per heavy atom. The van der Waals surface area contributed by atoms with Gasteiger partial charge in [0.2, 0.25) is 0 Å². The fourth-order valence-corrected chi connectivity index (χ4v) is 10.0. The largest absolute Gasteiger partial charge is 0.318 e. The fourth-order valence-electron chi connectivity index (χ4n) is 10.0. The molecule has 0 aromatic heterocycles. The summed E-state index contributed by atoms with van der Waals surface area (Å²) < 4.78 is 0. The van der Waals surface area contributed by atoms with Crippen LogP contribution in [-0.2, 0) is 21.9 Å². The average molecular weight is 623 g/mol. The number of hydrogen-bond acceptors (Lipinski definition) is 2. The van der Waals surface area contributed by atoms with Crippen LogP contribution in [0, 0.1) is 13.8 Å². The Bertz CT molecular complexity index is 2340. The molecule has 10 rings (SSSR count). The van der Waals surface area contributed by atoms with Crippen molar-refractivity contribution >= 4 is 10.8 Å². The van der Waals surface area contributed by atoms with Crippen LogP contribution in [0.25, 0.3) is 55.3 Å². The number of aryl methyl sites for hydroxylation is 2. The van der Waals surface area contributed by atoms with Gasteiger partial charge < -0.3 is 11.5 Å². The van der Waals surface area contributed by atoms with Gasteiger partial charge in [-0.1, -0.05) is 75.2 Å². The summed E-state index contributed by atoms with van der Waals surface area (Å²) >= 11 is 0. The van der Waals surface area contributed by atoms with Crippen molar-refractivity contribution in [3.05, 3.63) is 141 Å². The molecule has 2 nitrogen and oxygen atoms in total. The summed E-state index contributed by atoms with van der Waals surface area (Å²) in [6, 6.07) is 33.0. The molecule has 48 heavy (non-hydrogen) atoms. The number of fused-ring (bicyclic) bond motifs is 13. The van der Waals surface area contributed by atoms with E-state index in [1.54, 1.807) is 0 Å². The van der Waals surface area contributed by atoms with E-state index in [9.17, 15) is 0 Å². The summed E-state index contributed by atoms with van der Waals surface area (Å²) in [5.74, 6) is 0. The van der Waals surface area contributed by atoms with E-state index in [2.05, 4.69) is 140 Å². The molecular formula is C46H42N2. The summed E-state index contributed by atoms with van der Waals surface area (Å²) in [5, 5.41) is 2.51. The van der Waals surface area contributed by atoms with Crippen molar-refractivity contribution in [2.45, 2.75) is 77.3 Å². The minimum Gasteiger partial charge on any atom is -0.318 e. The van der Waals surface area contributed by atoms with Crippen LogP contribution in [0.1, 0.15) is 97.2 Å². The van der Waals surface area contributed by atoms with E-state index >= 15 is 0 Å². The van der Waals surface area contributed by atoms with Gasteiger partial charge in [0.1, 0.15) is 0 Å². The van der Waals surface area contributed by atoms with E-state index in [4.69, 9.17) is 11.5 Å². The van der Waals surface area contributed by atoms with Crippen LogP contribution in [0.3, 0.4) is 0 Å². The highest BCUT2D eigenvalue weighted by Crippen LogP contribution is 2.58. The van der Waals surface area contributed by atoms with Crippen LogP contribution in [0.15, 0.2) is 84.9 Å². The van der Waals surface area contributed by atoms with Crippen molar-refractivity contribution in [3.63, 3.8) is 0 Å². The van der Waals surface area contributed by atoms with Gasteiger partial charge in [-0.25, -0.2) is 0 Å². The van der Waals surface area contributed by atoms with Crippen molar-refractivity contribution < 1.29 is 0 Å². The molecule has 0 spiro atoms. The summed E-state index contributed by atoms with van der Waals surface area (Å²) in [4.78, 5) is 0. The Morgan fingerprint density at radius 1 is 0.333 bits per heavy atom. The molecule has 2 atom stereocenters. The third-order valence-electron chi connectivity index (χ3n) is 12.9. The highest BCUT2D eigenvalue weighted by molar-refractivity contribution is 6.00. The average Bonchev–Trinajstić information content (AvgIpc) is 3.57. The molecule has 0 radical (unpaired) electrons. The zero-order valence-corrected chi connectivity index (χ0v) is 29.2. The second kappa shape index (κ2) is 8.37. The van der Waals surface area contributed by atoms with E-state index in [1.807, 2.05) is 0 Å². The first-order valence-electron chi connectivity index (χ1n) is 17.4. The third-order valence-corrected chi connectivity index (χ3v) is 12.9. The van der Waals surface area contributed by atoms with Gasteiger partial charge in [0.15, 0.2) is 0 Å². The van der Waals surface area contributed by atoms with Gasteiger partial charge in [-0.2, -0.15) is 0 Å². The molecule has 6 aromatic rings. The van der Waals surface area contributed by atoms with E-state index in [0.717, 1.165) is 0 Å². The first-order valence-corrected chi connectivity index (χ1v) is 17.4. The zero-order chi connectivity index (χ0) is 33.4. The van der Waals surface area contributed by atoms with Gasteiger partial charge >= 0.3 is 0 Å². The van der Waals surface area contributed by atoms with Gasteiger partial charge in [0.05, 0.1) is 11.1 Å². The van der Waals surface area contributed by atoms with E-state index in [1.165, 1.54) is 111 Å². The van der Waals surface area contributed by atoms with Crippen molar-refractivity contribution in [2.24, 2.45) is 11.5 Å². The smallest absolute Gasteiger partial charge is 0.0649 e. The lowest BCUT2D eigenvalue weighted by atomic mass is 9.80. The molecule has 2 unspecified atom stereocenters. The molecule has 4 aliphatic rings. The van der Waals surface area contributed by atoms with Crippen molar-refractivity contribution in [3.8, 4) is 44.5 Å². The molecule has 6 aromatic carbocycles. The number of nitrogens with two attached hydrogens (primary N) is 2. The highest BCUT2D eigenvalue weighted by Gasteiger charge is 2.44. The molecule has 2 heteroatoms. The quantitative estimate of drug-likeness (QED) is 0.177. The fraction of sp³-hybridized carbons (Fsp3) is 0.261. The first kappa shape index (κ1) is 28.5. The molecule has 0 saturated carbocycles. The second-order valence-corrected chi connectivity index (χ2v) is 16.8. The molecular weight excluding hydrogens is 581 g/mol. The first-order chi connectivity index (χ1) is 22.6. The predicted molar refractivity (Wildman–Crippen MR) is 201 cm³/mol. The maximum Gasteiger partial charge on any atom is 0.0649 e. The van der Waals surface area contributed by atoms with Crippen LogP contribution >= 0.6 is 0 Å². The van der Waals surface area contributed by atoms with Crippen molar-refractivity contribution in [1.82, 2.24) is 0 Å². The molecule has 236 valence electrons. The molecule has 0 aliphatic heterocycles. The van der Waals surface area contributed by atoms with Gasteiger partial charge in [-0.05, 0) is 176 Å². The van der Waals surface area contributed by atoms with Crippen LogP contribution < -0.4 is 11.5 Å². The van der Waals surface area contributed by atoms with Crippen LogP contribution in [0.4, 0.5) is 0 Å². The van der Waals surface area contributed by atoms with Crippen molar-refractivity contribution in [2.75, 3.05) is 0 Å². The molecule has 0 fully saturated rings. The third kappa shape index (κ3) is 3.22. The summed E-state index contributed by atoms with van der Waals surface area (Å²) in [5.41, 5.74) is 36.6. The Balaban J connectivity index is 1.16. The summed E-state index contributed by atoms with van der Waals surface area (Å²) in [6.45, 7) is 18.2. The Hall–Kier alpha value is -4.50. The molecule has 0 saturated heterocycles.